The predicted molar refractivity (Wildman–Crippen MR) is 105 cm³/mol. The summed E-state index contributed by atoms with van der Waals surface area (Å²) in [5, 5.41) is 5.44. The van der Waals surface area contributed by atoms with E-state index in [9.17, 15) is 0 Å². The first kappa shape index (κ1) is 12.7. The topological polar surface area (TPSA) is 0 Å². The van der Waals surface area contributed by atoms with Gasteiger partial charge in [0.1, 0.15) is 0 Å². The molecular weight excluding hydrogens is 308 g/mol. The van der Waals surface area contributed by atoms with Crippen molar-refractivity contribution in [3.05, 3.63) is 83.9 Å². The molecule has 0 saturated heterocycles. The zero-order valence-corrected chi connectivity index (χ0v) is 13.9. The molecule has 0 fully saturated rings. The number of hydrogen-bond acceptors (Lipinski definition) is 1. The van der Waals surface area contributed by atoms with Gasteiger partial charge in [0, 0.05) is 20.2 Å². The molecule has 1 aliphatic carbocycles. The standard InChI is InChI=1S/C23H14S/c1-2-6-15-11-22-20(10-14(15)5-1)21-13-19-17(12-23(21)24-22)9-16-7-3-4-8-18(16)19/h1-8,10-13H,9H2. The van der Waals surface area contributed by atoms with Gasteiger partial charge in [-0.15, -0.1) is 11.3 Å². The van der Waals surface area contributed by atoms with Gasteiger partial charge in [0.25, 0.3) is 0 Å². The number of benzene rings is 4. The van der Waals surface area contributed by atoms with Gasteiger partial charge in [-0.05, 0) is 63.7 Å². The van der Waals surface area contributed by atoms with Gasteiger partial charge >= 0.3 is 0 Å². The molecule has 0 aliphatic heterocycles. The summed E-state index contributed by atoms with van der Waals surface area (Å²) in [6.45, 7) is 0. The van der Waals surface area contributed by atoms with Crippen LogP contribution in [-0.2, 0) is 6.42 Å². The smallest absolute Gasteiger partial charge is 0.0361 e. The van der Waals surface area contributed by atoms with Gasteiger partial charge in [-0.25, -0.2) is 0 Å². The molecule has 112 valence electrons. The molecule has 0 bridgehead atoms. The minimum atomic E-state index is 1.07. The Balaban J connectivity index is 1.73. The van der Waals surface area contributed by atoms with Crippen LogP contribution in [0.3, 0.4) is 0 Å². The van der Waals surface area contributed by atoms with Crippen molar-refractivity contribution in [3.8, 4) is 11.1 Å². The first-order valence-corrected chi connectivity index (χ1v) is 9.15. The summed E-state index contributed by atoms with van der Waals surface area (Å²) in [4.78, 5) is 0. The highest BCUT2D eigenvalue weighted by Gasteiger charge is 2.19. The minimum absolute atomic E-state index is 1.07. The van der Waals surface area contributed by atoms with Crippen molar-refractivity contribution in [2.75, 3.05) is 0 Å². The van der Waals surface area contributed by atoms with E-state index in [-0.39, 0.29) is 0 Å². The van der Waals surface area contributed by atoms with Crippen molar-refractivity contribution in [2.24, 2.45) is 0 Å². The van der Waals surface area contributed by atoms with Crippen molar-refractivity contribution in [3.63, 3.8) is 0 Å². The van der Waals surface area contributed by atoms with Crippen LogP contribution in [0.15, 0.2) is 72.8 Å². The SMILES string of the molecule is c1ccc2c(c1)Cc1cc3sc4cc5ccccc5cc4c3cc1-2. The lowest BCUT2D eigenvalue weighted by Gasteiger charge is -2.02. The van der Waals surface area contributed by atoms with E-state index in [0.29, 0.717) is 0 Å². The van der Waals surface area contributed by atoms with E-state index < -0.39 is 0 Å². The molecule has 0 unspecified atom stereocenters. The lowest BCUT2D eigenvalue weighted by molar-refractivity contribution is 1.27. The number of thiophene rings is 1. The second kappa shape index (κ2) is 4.46. The van der Waals surface area contributed by atoms with Gasteiger partial charge in [-0.3, -0.25) is 0 Å². The van der Waals surface area contributed by atoms with E-state index >= 15 is 0 Å². The molecule has 5 aromatic rings. The Morgan fingerprint density at radius 1 is 0.583 bits per heavy atom. The van der Waals surface area contributed by atoms with Crippen LogP contribution in [0.1, 0.15) is 11.1 Å². The Kier molecular flexibility index (Phi) is 2.37. The Morgan fingerprint density at radius 3 is 2.21 bits per heavy atom. The zero-order chi connectivity index (χ0) is 15.7. The van der Waals surface area contributed by atoms with Crippen molar-refractivity contribution >= 4 is 42.3 Å². The monoisotopic (exact) mass is 322 g/mol. The highest BCUT2D eigenvalue weighted by atomic mass is 32.1. The van der Waals surface area contributed by atoms with E-state index in [1.54, 1.807) is 0 Å². The summed E-state index contributed by atoms with van der Waals surface area (Å²) < 4.78 is 2.80. The summed E-state index contributed by atoms with van der Waals surface area (Å²) in [5.41, 5.74) is 5.76. The molecule has 1 heterocycles. The molecule has 0 nitrogen and oxygen atoms in total. The predicted octanol–water partition coefficient (Wildman–Crippen LogP) is 6.78. The van der Waals surface area contributed by atoms with Gasteiger partial charge < -0.3 is 0 Å². The summed E-state index contributed by atoms with van der Waals surface area (Å²) in [5.74, 6) is 0. The molecule has 1 heteroatoms. The summed E-state index contributed by atoms with van der Waals surface area (Å²) >= 11 is 1.92. The Bertz CT molecular complexity index is 1270. The van der Waals surface area contributed by atoms with Crippen molar-refractivity contribution < 1.29 is 0 Å². The van der Waals surface area contributed by atoms with E-state index in [1.807, 2.05) is 11.3 Å². The van der Waals surface area contributed by atoms with E-state index in [2.05, 4.69) is 72.8 Å². The lowest BCUT2D eigenvalue weighted by Crippen LogP contribution is -1.79. The second-order valence-electron chi connectivity index (χ2n) is 6.64. The molecule has 0 atom stereocenters. The zero-order valence-electron chi connectivity index (χ0n) is 13.0. The maximum absolute atomic E-state index is 2.42. The maximum Gasteiger partial charge on any atom is 0.0361 e. The first-order chi connectivity index (χ1) is 11.9. The number of rotatable bonds is 0. The van der Waals surface area contributed by atoms with Crippen LogP contribution in [-0.4, -0.2) is 0 Å². The highest BCUT2D eigenvalue weighted by molar-refractivity contribution is 7.25. The van der Waals surface area contributed by atoms with Gasteiger partial charge in [-0.1, -0.05) is 48.5 Å². The lowest BCUT2D eigenvalue weighted by atomic mass is 10.0. The molecule has 24 heavy (non-hydrogen) atoms. The molecule has 0 saturated carbocycles. The molecule has 1 aliphatic rings. The van der Waals surface area contributed by atoms with Gasteiger partial charge in [0.2, 0.25) is 0 Å². The van der Waals surface area contributed by atoms with Crippen molar-refractivity contribution in [1.82, 2.24) is 0 Å². The third kappa shape index (κ3) is 1.63. The Hall–Kier alpha value is -2.64. The average Bonchev–Trinajstić information content (AvgIpc) is 3.14. The largest absolute Gasteiger partial charge is 0.135 e. The molecule has 6 rings (SSSR count). The second-order valence-corrected chi connectivity index (χ2v) is 7.72. The molecule has 0 N–H and O–H groups in total. The van der Waals surface area contributed by atoms with Crippen LogP contribution in [0.2, 0.25) is 0 Å². The fraction of sp³-hybridized carbons (Fsp3) is 0.0435. The Morgan fingerprint density at radius 2 is 1.29 bits per heavy atom. The molecule has 0 radical (unpaired) electrons. The quantitative estimate of drug-likeness (QED) is 0.289. The summed E-state index contributed by atoms with van der Waals surface area (Å²) in [6, 6.07) is 27.0. The van der Waals surface area contributed by atoms with Crippen LogP contribution in [0, 0.1) is 0 Å². The normalized spacial score (nSPS) is 12.8. The number of hydrogen-bond donors (Lipinski definition) is 0. The molecule has 4 aromatic carbocycles. The van der Waals surface area contributed by atoms with Crippen LogP contribution in [0.5, 0.6) is 0 Å². The molecule has 1 aromatic heterocycles. The number of fused-ring (bicyclic) bond motifs is 7. The molecule has 0 amide bonds. The van der Waals surface area contributed by atoms with Crippen LogP contribution < -0.4 is 0 Å². The van der Waals surface area contributed by atoms with Crippen molar-refractivity contribution in [1.29, 1.82) is 0 Å². The third-order valence-corrected chi connectivity index (χ3v) is 6.37. The fourth-order valence-electron chi connectivity index (χ4n) is 4.09. The summed E-state index contributed by atoms with van der Waals surface area (Å²) in [7, 11) is 0. The van der Waals surface area contributed by atoms with Crippen LogP contribution >= 0.6 is 11.3 Å². The van der Waals surface area contributed by atoms with E-state index in [0.717, 1.165) is 6.42 Å². The Labute approximate surface area is 144 Å². The van der Waals surface area contributed by atoms with Crippen LogP contribution in [0.4, 0.5) is 0 Å². The molecular formula is C23H14S. The molecule has 0 spiro atoms. The van der Waals surface area contributed by atoms with Crippen molar-refractivity contribution in [2.45, 2.75) is 6.42 Å². The van der Waals surface area contributed by atoms with E-state index in [1.165, 1.54) is 53.2 Å². The van der Waals surface area contributed by atoms with Crippen LogP contribution in [0.25, 0.3) is 42.1 Å². The highest BCUT2D eigenvalue weighted by Crippen LogP contribution is 2.43. The third-order valence-electron chi connectivity index (χ3n) is 5.25. The van der Waals surface area contributed by atoms with Gasteiger partial charge in [-0.2, -0.15) is 0 Å². The average molecular weight is 322 g/mol. The van der Waals surface area contributed by atoms with E-state index in [4.69, 9.17) is 0 Å². The summed E-state index contributed by atoms with van der Waals surface area (Å²) in [6.07, 6.45) is 1.07. The fourth-order valence-corrected chi connectivity index (χ4v) is 5.27. The van der Waals surface area contributed by atoms with Gasteiger partial charge in [0.05, 0.1) is 0 Å². The first-order valence-electron chi connectivity index (χ1n) is 8.33. The maximum atomic E-state index is 2.42. The minimum Gasteiger partial charge on any atom is -0.135 e. The van der Waals surface area contributed by atoms with Gasteiger partial charge in [0.15, 0.2) is 0 Å².